The van der Waals surface area contributed by atoms with Crippen molar-refractivity contribution in [1.82, 2.24) is 34.7 Å². The third kappa shape index (κ3) is 4.28. The molecule has 5 aromatic rings. The van der Waals surface area contributed by atoms with Crippen LogP contribution >= 0.6 is 0 Å². The zero-order valence-electron chi connectivity index (χ0n) is 18.5. The minimum atomic E-state index is -0.631. The van der Waals surface area contributed by atoms with E-state index >= 15 is 0 Å². The molecule has 172 valence electrons. The van der Waals surface area contributed by atoms with Crippen LogP contribution < -0.4 is 10.5 Å². The van der Waals surface area contributed by atoms with E-state index in [0.29, 0.717) is 39.8 Å². The molecule has 0 amide bonds. The lowest BCUT2D eigenvalue weighted by atomic mass is 10.2. The summed E-state index contributed by atoms with van der Waals surface area (Å²) in [6.07, 6.45) is 3.82. The zero-order chi connectivity index (χ0) is 23.9. The van der Waals surface area contributed by atoms with Gasteiger partial charge in [-0.15, -0.1) is 5.10 Å². The number of benzene rings is 1. The molecule has 12 nitrogen and oxygen atoms in total. The van der Waals surface area contributed by atoms with E-state index in [-0.39, 0.29) is 5.95 Å². The lowest BCUT2D eigenvalue weighted by Crippen LogP contribution is -2.27. The highest BCUT2D eigenvalue weighted by Gasteiger charge is 2.19. The number of aromatic nitrogens is 7. The number of ether oxygens (including phenoxy) is 2. The van der Waals surface area contributed by atoms with Gasteiger partial charge in [0.05, 0.1) is 24.2 Å². The molecule has 0 aliphatic heterocycles. The highest BCUT2D eigenvalue weighted by atomic mass is 16.6. The SMILES string of the molecule is CC(C)(C)OC(=O)n1cc(Oc2ccc3c(c2)nnn3-c2cc(-c3ccco3)nc(N)n2)cn1. The van der Waals surface area contributed by atoms with Gasteiger partial charge in [-0.05, 0) is 45.0 Å². The van der Waals surface area contributed by atoms with Crippen LogP contribution in [0.25, 0.3) is 28.3 Å². The standard InChI is InChI=1S/C22H20N8O4/c1-22(2,3)34-21(31)29-12-14(11-24-29)33-13-6-7-17-15(9-13)27-28-30(17)19-10-16(25-20(23)26-19)18-5-4-8-32-18/h4-12H,1-3H3,(H2,23,25,26). The Bertz CT molecular complexity index is 1480. The summed E-state index contributed by atoms with van der Waals surface area (Å²) in [6.45, 7) is 5.34. The number of hydrogen-bond acceptors (Lipinski definition) is 10. The number of nitrogen functional groups attached to an aromatic ring is 1. The molecule has 0 radical (unpaired) electrons. The molecule has 4 heterocycles. The molecule has 4 aromatic heterocycles. The van der Waals surface area contributed by atoms with Crippen LogP contribution in [0.2, 0.25) is 0 Å². The van der Waals surface area contributed by atoms with Gasteiger partial charge in [0.25, 0.3) is 0 Å². The number of rotatable bonds is 4. The van der Waals surface area contributed by atoms with Crippen LogP contribution in [0.15, 0.2) is 59.5 Å². The molecule has 0 aliphatic carbocycles. The first-order valence-corrected chi connectivity index (χ1v) is 10.3. The van der Waals surface area contributed by atoms with Gasteiger partial charge in [0.2, 0.25) is 5.95 Å². The van der Waals surface area contributed by atoms with E-state index in [0.717, 1.165) is 4.68 Å². The van der Waals surface area contributed by atoms with Crippen LogP contribution in [-0.2, 0) is 4.74 Å². The Hall–Kier alpha value is -4.74. The van der Waals surface area contributed by atoms with Crippen molar-refractivity contribution in [3.8, 4) is 28.8 Å². The molecule has 0 bridgehead atoms. The summed E-state index contributed by atoms with van der Waals surface area (Å²) < 4.78 is 19.1. The van der Waals surface area contributed by atoms with Crippen molar-refractivity contribution in [2.75, 3.05) is 5.73 Å². The number of furan rings is 1. The van der Waals surface area contributed by atoms with Gasteiger partial charge in [-0.3, -0.25) is 0 Å². The Morgan fingerprint density at radius 2 is 1.97 bits per heavy atom. The fourth-order valence-corrected chi connectivity index (χ4v) is 3.15. The smallest absolute Gasteiger partial charge is 0.435 e. The van der Waals surface area contributed by atoms with E-state index < -0.39 is 11.7 Å². The first-order chi connectivity index (χ1) is 16.2. The Balaban J connectivity index is 1.40. The van der Waals surface area contributed by atoms with Gasteiger partial charge in [0.1, 0.15) is 22.6 Å². The number of nitrogens with two attached hydrogens (primary N) is 1. The number of fused-ring (bicyclic) bond motifs is 1. The molecule has 34 heavy (non-hydrogen) atoms. The molecule has 0 unspecified atom stereocenters. The van der Waals surface area contributed by atoms with Crippen molar-refractivity contribution < 1.29 is 18.7 Å². The van der Waals surface area contributed by atoms with Crippen molar-refractivity contribution in [1.29, 1.82) is 0 Å². The largest absolute Gasteiger partial charge is 0.463 e. The molecule has 5 rings (SSSR count). The number of carbonyl (C=O) groups is 1. The molecule has 0 fully saturated rings. The van der Waals surface area contributed by atoms with Crippen LogP contribution in [0.4, 0.5) is 10.7 Å². The van der Waals surface area contributed by atoms with Crippen molar-refractivity contribution in [3.05, 3.63) is 55.1 Å². The van der Waals surface area contributed by atoms with Crippen LogP contribution in [0.3, 0.4) is 0 Å². The van der Waals surface area contributed by atoms with Crippen LogP contribution in [0, 0.1) is 0 Å². The second-order valence-corrected chi connectivity index (χ2v) is 8.30. The predicted octanol–water partition coefficient (Wildman–Crippen LogP) is 3.82. The van der Waals surface area contributed by atoms with E-state index in [1.165, 1.54) is 12.4 Å². The Morgan fingerprint density at radius 1 is 1.12 bits per heavy atom. The Labute approximate surface area is 192 Å². The molecule has 2 N–H and O–H groups in total. The Kier molecular flexibility index (Phi) is 4.97. The fraction of sp³-hybridized carbons (Fsp3) is 0.182. The lowest BCUT2D eigenvalue weighted by molar-refractivity contribution is 0.0514. The summed E-state index contributed by atoms with van der Waals surface area (Å²) in [6, 6.07) is 10.5. The molecular weight excluding hydrogens is 440 g/mol. The second kappa shape index (κ2) is 7.99. The highest BCUT2D eigenvalue weighted by molar-refractivity contribution is 5.78. The summed E-state index contributed by atoms with van der Waals surface area (Å²) in [5, 5.41) is 12.4. The summed E-state index contributed by atoms with van der Waals surface area (Å²) in [5.41, 5.74) is 7.04. The minimum Gasteiger partial charge on any atom is -0.463 e. The molecule has 0 atom stereocenters. The monoisotopic (exact) mass is 460 g/mol. The number of nitrogens with zero attached hydrogens (tertiary/aromatic N) is 7. The molecule has 0 saturated carbocycles. The summed E-state index contributed by atoms with van der Waals surface area (Å²) >= 11 is 0. The maximum atomic E-state index is 12.1. The second-order valence-electron chi connectivity index (χ2n) is 8.30. The van der Waals surface area contributed by atoms with Gasteiger partial charge < -0.3 is 19.6 Å². The minimum absolute atomic E-state index is 0.0782. The quantitative estimate of drug-likeness (QED) is 0.419. The van der Waals surface area contributed by atoms with Crippen molar-refractivity contribution in [2.45, 2.75) is 26.4 Å². The topological polar surface area (TPSA) is 149 Å². The molecule has 0 saturated heterocycles. The average molecular weight is 460 g/mol. The zero-order valence-corrected chi connectivity index (χ0v) is 18.5. The molecule has 0 spiro atoms. The highest BCUT2D eigenvalue weighted by Crippen LogP contribution is 2.27. The third-order valence-corrected chi connectivity index (χ3v) is 4.51. The van der Waals surface area contributed by atoms with Crippen LogP contribution in [0.1, 0.15) is 20.8 Å². The first kappa shape index (κ1) is 21.1. The van der Waals surface area contributed by atoms with Gasteiger partial charge in [-0.2, -0.15) is 19.4 Å². The van der Waals surface area contributed by atoms with E-state index in [2.05, 4.69) is 25.4 Å². The average Bonchev–Trinajstić information content (AvgIpc) is 3.53. The molecule has 12 heteroatoms. The number of carbonyl (C=O) groups excluding carboxylic acids is 1. The van der Waals surface area contributed by atoms with Gasteiger partial charge in [-0.25, -0.2) is 9.78 Å². The number of anilines is 1. The van der Waals surface area contributed by atoms with E-state index in [1.807, 2.05) is 0 Å². The Morgan fingerprint density at radius 3 is 2.74 bits per heavy atom. The van der Waals surface area contributed by atoms with Gasteiger partial charge in [0, 0.05) is 12.1 Å². The van der Waals surface area contributed by atoms with Crippen molar-refractivity contribution >= 4 is 23.1 Å². The van der Waals surface area contributed by atoms with Gasteiger partial charge in [0.15, 0.2) is 17.3 Å². The fourth-order valence-electron chi connectivity index (χ4n) is 3.15. The lowest BCUT2D eigenvalue weighted by Gasteiger charge is -2.18. The van der Waals surface area contributed by atoms with Crippen LogP contribution in [0.5, 0.6) is 11.5 Å². The molecule has 0 aliphatic rings. The van der Waals surface area contributed by atoms with Crippen LogP contribution in [-0.4, -0.2) is 46.4 Å². The van der Waals surface area contributed by atoms with E-state index in [9.17, 15) is 4.79 Å². The summed E-state index contributed by atoms with van der Waals surface area (Å²) in [5.74, 6) is 1.93. The maximum absolute atomic E-state index is 12.1. The van der Waals surface area contributed by atoms with E-state index in [4.69, 9.17) is 19.6 Å². The van der Waals surface area contributed by atoms with E-state index in [1.54, 1.807) is 68.1 Å². The summed E-state index contributed by atoms with van der Waals surface area (Å²) in [4.78, 5) is 20.6. The number of hydrogen-bond donors (Lipinski definition) is 1. The maximum Gasteiger partial charge on any atom is 0.435 e. The molecule has 1 aromatic carbocycles. The van der Waals surface area contributed by atoms with Crippen molar-refractivity contribution in [3.63, 3.8) is 0 Å². The van der Waals surface area contributed by atoms with Crippen molar-refractivity contribution in [2.24, 2.45) is 0 Å². The third-order valence-electron chi connectivity index (χ3n) is 4.51. The van der Waals surface area contributed by atoms with Gasteiger partial charge in [-0.1, -0.05) is 5.21 Å². The first-order valence-electron chi connectivity index (χ1n) is 10.3. The summed E-state index contributed by atoms with van der Waals surface area (Å²) in [7, 11) is 0. The molecular formula is C22H20N8O4. The normalized spacial score (nSPS) is 11.6. The van der Waals surface area contributed by atoms with Gasteiger partial charge >= 0.3 is 6.09 Å². The predicted molar refractivity (Wildman–Crippen MR) is 121 cm³/mol.